The molecule has 0 fully saturated rings. The van der Waals surface area contributed by atoms with Crippen LogP contribution in [0, 0.1) is 0 Å². The van der Waals surface area contributed by atoms with Crippen molar-refractivity contribution in [2.45, 2.75) is 0 Å². The van der Waals surface area contributed by atoms with E-state index < -0.39 is 5.97 Å². The van der Waals surface area contributed by atoms with Crippen molar-refractivity contribution in [3.8, 4) is 11.5 Å². The highest BCUT2D eigenvalue weighted by Crippen LogP contribution is 2.28. The van der Waals surface area contributed by atoms with E-state index in [1.165, 1.54) is 25.7 Å². The second-order valence-corrected chi connectivity index (χ2v) is 7.03. The Morgan fingerprint density at radius 1 is 0.824 bits per heavy atom. The number of nitrogens with zero attached hydrogens (tertiary/aromatic N) is 2. The molecule has 0 N–H and O–H groups in total. The van der Waals surface area contributed by atoms with Crippen LogP contribution in [0.25, 0.3) is 0 Å². The summed E-state index contributed by atoms with van der Waals surface area (Å²) in [6.45, 7) is 0. The Bertz CT molecular complexity index is 1330. The van der Waals surface area contributed by atoms with Crippen molar-refractivity contribution in [2.75, 3.05) is 7.11 Å². The highest BCUT2D eigenvalue weighted by Gasteiger charge is 2.17. The second kappa shape index (κ2) is 10.7. The Labute approximate surface area is 196 Å². The first-order valence-electron chi connectivity index (χ1n) is 10.4. The van der Waals surface area contributed by atoms with Crippen LogP contribution in [-0.4, -0.2) is 30.8 Å². The fourth-order valence-corrected chi connectivity index (χ4v) is 3.10. The number of benzene rings is 3. The summed E-state index contributed by atoms with van der Waals surface area (Å²) in [5, 5.41) is 8.36. The number of rotatable bonds is 8. The average molecular weight is 452 g/mol. The zero-order valence-electron chi connectivity index (χ0n) is 18.3. The first-order valence-corrected chi connectivity index (χ1v) is 10.4. The van der Waals surface area contributed by atoms with Crippen molar-refractivity contribution < 1.29 is 23.5 Å². The zero-order valence-corrected chi connectivity index (χ0v) is 18.3. The van der Waals surface area contributed by atoms with E-state index in [0.717, 1.165) is 0 Å². The average Bonchev–Trinajstić information content (AvgIpc) is 3.43. The Morgan fingerprint density at radius 3 is 2.18 bits per heavy atom. The topological polar surface area (TPSA) is 90.5 Å². The van der Waals surface area contributed by atoms with Gasteiger partial charge in [-0.2, -0.15) is 5.10 Å². The van der Waals surface area contributed by atoms with Gasteiger partial charge in [0.1, 0.15) is 5.71 Å². The van der Waals surface area contributed by atoms with Crippen LogP contribution in [0.5, 0.6) is 11.5 Å². The molecule has 0 amide bonds. The molecule has 4 rings (SSSR count). The normalized spacial score (nSPS) is 11.4. The molecule has 0 saturated carbocycles. The number of Topliss-reactive ketones (excluding diaryl/α,β-unsaturated/α-hetero) is 1. The molecule has 0 spiro atoms. The van der Waals surface area contributed by atoms with Crippen LogP contribution in [0.15, 0.2) is 112 Å². The molecule has 7 nitrogen and oxygen atoms in total. The molecule has 1 heterocycles. The molecule has 0 saturated heterocycles. The van der Waals surface area contributed by atoms with Crippen molar-refractivity contribution in [1.82, 2.24) is 0 Å². The van der Waals surface area contributed by atoms with Crippen molar-refractivity contribution in [2.24, 2.45) is 10.2 Å². The van der Waals surface area contributed by atoms with E-state index >= 15 is 0 Å². The number of ether oxygens (including phenoxy) is 2. The van der Waals surface area contributed by atoms with Gasteiger partial charge in [-0.15, -0.1) is 5.10 Å². The molecule has 0 aliphatic rings. The van der Waals surface area contributed by atoms with Gasteiger partial charge in [0.15, 0.2) is 11.5 Å². The van der Waals surface area contributed by atoms with Gasteiger partial charge in [-0.3, -0.25) is 4.79 Å². The minimum absolute atomic E-state index is 0.0820. The van der Waals surface area contributed by atoms with E-state index in [4.69, 9.17) is 13.9 Å². The Hall–Kier alpha value is -4.78. The van der Waals surface area contributed by atoms with Crippen LogP contribution < -0.4 is 9.47 Å². The van der Waals surface area contributed by atoms with E-state index in [2.05, 4.69) is 10.2 Å². The lowest BCUT2D eigenvalue weighted by Gasteiger charge is -2.08. The number of furan rings is 1. The third-order valence-corrected chi connectivity index (χ3v) is 4.78. The summed E-state index contributed by atoms with van der Waals surface area (Å²) in [7, 11) is 1.46. The van der Waals surface area contributed by atoms with Gasteiger partial charge in [0, 0.05) is 11.1 Å². The number of hydrogen-bond acceptors (Lipinski definition) is 7. The van der Waals surface area contributed by atoms with Gasteiger partial charge in [-0.25, -0.2) is 4.79 Å². The number of esters is 1. The summed E-state index contributed by atoms with van der Waals surface area (Å²) in [4.78, 5) is 25.2. The van der Waals surface area contributed by atoms with E-state index in [1.807, 2.05) is 24.3 Å². The van der Waals surface area contributed by atoms with Crippen LogP contribution in [0.4, 0.5) is 0 Å². The van der Waals surface area contributed by atoms with Gasteiger partial charge >= 0.3 is 5.97 Å². The number of methoxy groups -OCH3 is 1. The largest absolute Gasteiger partial charge is 0.493 e. The Kier molecular flexibility index (Phi) is 7.05. The van der Waals surface area contributed by atoms with E-state index in [9.17, 15) is 9.59 Å². The standard InChI is InChI=1S/C27H20N2O5/c1-32-24-17-19(14-15-22(24)34-27(31)23-13-8-16-33-23)18-28-29-25(20-9-4-2-5-10-20)26(30)21-11-6-3-7-12-21/h2-18H,1H3/b28-18+,29-25+. The number of carbonyl (C=O) groups is 2. The van der Waals surface area contributed by atoms with Crippen molar-refractivity contribution in [3.63, 3.8) is 0 Å². The summed E-state index contributed by atoms with van der Waals surface area (Å²) in [6, 6.07) is 26.1. The molecular formula is C27H20N2O5. The van der Waals surface area contributed by atoms with Crippen molar-refractivity contribution >= 4 is 23.7 Å². The maximum Gasteiger partial charge on any atom is 0.379 e. The van der Waals surface area contributed by atoms with Gasteiger partial charge in [0.05, 0.1) is 19.6 Å². The summed E-state index contributed by atoms with van der Waals surface area (Å²) >= 11 is 0. The van der Waals surface area contributed by atoms with E-state index in [-0.39, 0.29) is 23.0 Å². The summed E-state index contributed by atoms with van der Waals surface area (Å²) < 4.78 is 15.7. The fraction of sp³-hybridized carbons (Fsp3) is 0.0370. The van der Waals surface area contributed by atoms with Crippen LogP contribution >= 0.6 is 0 Å². The molecule has 3 aromatic carbocycles. The smallest absolute Gasteiger partial charge is 0.379 e. The highest BCUT2D eigenvalue weighted by molar-refractivity contribution is 6.51. The maximum absolute atomic E-state index is 13.1. The third kappa shape index (κ3) is 5.34. The van der Waals surface area contributed by atoms with Gasteiger partial charge < -0.3 is 13.9 Å². The van der Waals surface area contributed by atoms with Crippen LogP contribution in [0.3, 0.4) is 0 Å². The minimum Gasteiger partial charge on any atom is -0.493 e. The van der Waals surface area contributed by atoms with Crippen molar-refractivity contribution in [3.05, 3.63) is 120 Å². The molecule has 1 aromatic heterocycles. The molecule has 0 radical (unpaired) electrons. The molecule has 0 unspecified atom stereocenters. The first kappa shape index (κ1) is 22.4. The lowest BCUT2D eigenvalue weighted by atomic mass is 10.0. The maximum atomic E-state index is 13.1. The zero-order chi connectivity index (χ0) is 23.8. The lowest BCUT2D eigenvalue weighted by molar-refractivity contribution is 0.0696. The highest BCUT2D eigenvalue weighted by atomic mass is 16.6. The van der Waals surface area contributed by atoms with Crippen LogP contribution in [0.1, 0.15) is 32.0 Å². The second-order valence-electron chi connectivity index (χ2n) is 7.03. The molecule has 168 valence electrons. The third-order valence-electron chi connectivity index (χ3n) is 4.78. The van der Waals surface area contributed by atoms with Gasteiger partial charge in [-0.05, 0) is 35.9 Å². The molecule has 0 aliphatic heterocycles. The lowest BCUT2D eigenvalue weighted by Crippen LogP contribution is -2.15. The number of carbonyl (C=O) groups excluding carboxylic acids is 2. The van der Waals surface area contributed by atoms with E-state index in [1.54, 1.807) is 60.7 Å². The van der Waals surface area contributed by atoms with Crippen LogP contribution in [0.2, 0.25) is 0 Å². The molecule has 34 heavy (non-hydrogen) atoms. The van der Waals surface area contributed by atoms with E-state index in [0.29, 0.717) is 22.4 Å². The van der Waals surface area contributed by atoms with Crippen molar-refractivity contribution in [1.29, 1.82) is 0 Å². The molecule has 4 aromatic rings. The summed E-state index contributed by atoms with van der Waals surface area (Å²) in [6.07, 6.45) is 2.88. The number of hydrogen-bond donors (Lipinski definition) is 0. The Balaban J connectivity index is 1.58. The quantitative estimate of drug-likeness (QED) is 0.120. The molecule has 7 heteroatoms. The number of ketones is 1. The summed E-state index contributed by atoms with van der Waals surface area (Å²) in [5.74, 6) is -0.230. The fourth-order valence-electron chi connectivity index (χ4n) is 3.10. The SMILES string of the molecule is COc1cc(/C=N/N=C(/C(=O)c2ccccc2)c2ccccc2)ccc1OC(=O)c1ccco1. The predicted molar refractivity (Wildman–Crippen MR) is 128 cm³/mol. The van der Waals surface area contributed by atoms with Gasteiger partial charge in [0.2, 0.25) is 11.5 Å². The van der Waals surface area contributed by atoms with Gasteiger partial charge in [0.25, 0.3) is 0 Å². The molecule has 0 aliphatic carbocycles. The predicted octanol–water partition coefficient (Wildman–Crippen LogP) is 5.21. The minimum atomic E-state index is -0.638. The first-order chi connectivity index (χ1) is 16.7. The Morgan fingerprint density at radius 2 is 1.53 bits per heavy atom. The molecular weight excluding hydrogens is 432 g/mol. The molecule has 0 atom stereocenters. The monoisotopic (exact) mass is 452 g/mol. The summed E-state index contributed by atoms with van der Waals surface area (Å²) in [5.41, 5.74) is 2.04. The van der Waals surface area contributed by atoms with Gasteiger partial charge in [-0.1, -0.05) is 60.7 Å². The van der Waals surface area contributed by atoms with Crippen LogP contribution in [-0.2, 0) is 0 Å². The molecule has 0 bridgehead atoms.